The Bertz CT molecular complexity index is 569. The Morgan fingerprint density at radius 2 is 2.21 bits per heavy atom. The average Bonchev–Trinajstić information content (AvgIpc) is 2.89. The topological polar surface area (TPSA) is 51.0 Å². The van der Waals surface area contributed by atoms with Crippen LogP contribution in [0.2, 0.25) is 0 Å². The summed E-state index contributed by atoms with van der Waals surface area (Å²) < 4.78 is 19.0. The van der Waals surface area contributed by atoms with Crippen LogP contribution in [0.15, 0.2) is 28.8 Å². The van der Waals surface area contributed by atoms with Gasteiger partial charge in [0.1, 0.15) is 5.82 Å². The molecule has 0 amide bonds. The van der Waals surface area contributed by atoms with Gasteiger partial charge in [-0.3, -0.25) is 0 Å². The van der Waals surface area contributed by atoms with Crippen LogP contribution in [-0.4, -0.2) is 22.7 Å². The summed E-state index contributed by atoms with van der Waals surface area (Å²) in [6, 6.07) is 6.92. The molecule has 2 atom stereocenters. The minimum atomic E-state index is -0.325. The van der Waals surface area contributed by atoms with Gasteiger partial charge in [0.05, 0.1) is 5.56 Å². The number of hydrogen-bond donors (Lipinski definition) is 1. The first kappa shape index (κ1) is 12.3. The van der Waals surface area contributed by atoms with E-state index < -0.39 is 0 Å². The van der Waals surface area contributed by atoms with E-state index in [-0.39, 0.29) is 11.7 Å². The van der Waals surface area contributed by atoms with Gasteiger partial charge in [0, 0.05) is 12.0 Å². The first-order chi connectivity index (χ1) is 9.24. The Balaban J connectivity index is 1.85. The molecule has 1 aromatic carbocycles. The summed E-state index contributed by atoms with van der Waals surface area (Å²) in [5.74, 6) is 0.892. The van der Waals surface area contributed by atoms with Crippen molar-refractivity contribution in [2.45, 2.75) is 31.7 Å². The highest BCUT2D eigenvalue weighted by Crippen LogP contribution is 2.28. The quantitative estimate of drug-likeness (QED) is 0.903. The number of piperidine rings is 1. The Labute approximate surface area is 111 Å². The van der Waals surface area contributed by atoms with E-state index in [1.165, 1.54) is 6.07 Å². The van der Waals surface area contributed by atoms with Gasteiger partial charge in [-0.2, -0.15) is 4.98 Å². The van der Waals surface area contributed by atoms with Crippen molar-refractivity contribution >= 4 is 0 Å². The lowest BCUT2D eigenvalue weighted by Gasteiger charge is -2.25. The van der Waals surface area contributed by atoms with Crippen molar-refractivity contribution in [2.75, 3.05) is 6.54 Å². The van der Waals surface area contributed by atoms with Crippen LogP contribution in [0.25, 0.3) is 11.4 Å². The molecule has 4 nitrogen and oxygen atoms in total. The molecule has 3 rings (SSSR count). The average molecular weight is 261 g/mol. The van der Waals surface area contributed by atoms with Crippen LogP contribution < -0.4 is 5.32 Å². The number of benzene rings is 1. The van der Waals surface area contributed by atoms with Crippen LogP contribution in [0.3, 0.4) is 0 Å². The van der Waals surface area contributed by atoms with E-state index in [9.17, 15) is 4.39 Å². The fourth-order valence-corrected chi connectivity index (χ4v) is 2.51. The molecule has 0 radical (unpaired) electrons. The molecule has 0 saturated carbocycles. The smallest absolute Gasteiger partial charge is 0.230 e. The van der Waals surface area contributed by atoms with E-state index >= 15 is 0 Å². The molecule has 19 heavy (non-hydrogen) atoms. The fourth-order valence-electron chi connectivity index (χ4n) is 2.51. The third-order valence-electron chi connectivity index (χ3n) is 3.53. The highest BCUT2D eigenvalue weighted by molar-refractivity contribution is 5.54. The van der Waals surface area contributed by atoms with Crippen molar-refractivity contribution in [3.05, 3.63) is 36.0 Å². The second kappa shape index (κ2) is 5.09. The van der Waals surface area contributed by atoms with Crippen molar-refractivity contribution in [3.63, 3.8) is 0 Å². The van der Waals surface area contributed by atoms with E-state index in [1.807, 2.05) is 0 Å². The van der Waals surface area contributed by atoms with Gasteiger partial charge in [0.2, 0.25) is 11.7 Å². The molecule has 1 N–H and O–H groups in total. The number of nitrogens with zero attached hydrogens (tertiary/aromatic N) is 2. The van der Waals surface area contributed by atoms with E-state index in [1.54, 1.807) is 18.2 Å². The predicted molar refractivity (Wildman–Crippen MR) is 69.1 cm³/mol. The van der Waals surface area contributed by atoms with Crippen LogP contribution in [-0.2, 0) is 0 Å². The van der Waals surface area contributed by atoms with E-state index in [0.717, 1.165) is 19.4 Å². The molecule has 0 spiro atoms. The van der Waals surface area contributed by atoms with Gasteiger partial charge in [-0.05, 0) is 38.4 Å². The molecular weight excluding hydrogens is 245 g/mol. The van der Waals surface area contributed by atoms with Gasteiger partial charge in [-0.15, -0.1) is 0 Å². The van der Waals surface area contributed by atoms with Gasteiger partial charge < -0.3 is 9.84 Å². The predicted octanol–water partition coefficient (Wildman–Crippen LogP) is 2.73. The Hall–Kier alpha value is -1.75. The molecule has 1 aliphatic rings. The van der Waals surface area contributed by atoms with Gasteiger partial charge in [0.25, 0.3) is 0 Å². The molecule has 1 aromatic heterocycles. The molecule has 5 heteroatoms. The summed E-state index contributed by atoms with van der Waals surface area (Å²) in [6.45, 7) is 3.09. The largest absolute Gasteiger partial charge is 0.339 e. The lowest BCUT2D eigenvalue weighted by molar-refractivity contribution is 0.295. The summed E-state index contributed by atoms with van der Waals surface area (Å²) in [5.41, 5.74) is 0.388. The summed E-state index contributed by atoms with van der Waals surface area (Å²) in [6.07, 6.45) is 1.95. The number of rotatable bonds is 2. The molecule has 1 fully saturated rings. The van der Waals surface area contributed by atoms with Crippen LogP contribution in [0.5, 0.6) is 0 Å². The zero-order chi connectivity index (χ0) is 13.2. The van der Waals surface area contributed by atoms with Gasteiger partial charge in [0.15, 0.2) is 0 Å². The van der Waals surface area contributed by atoms with Crippen LogP contribution in [0.1, 0.15) is 31.6 Å². The standard InChI is InChI=1S/C14H16FN3O/c1-9-8-10(6-7-16-9)14-17-13(18-19-14)11-4-2-3-5-12(11)15/h2-5,9-10,16H,6-8H2,1H3. The van der Waals surface area contributed by atoms with Crippen molar-refractivity contribution < 1.29 is 8.91 Å². The third kappa shape index (κ3) is 2.51. The Morgan fingerprint density at radius 3 is 3.00 bits per heavy atom. The zero-order valence-corrected chi connectivity index (χ0v) is 10.8. The van der Waals surface area contributed by atoms with E-state index in [2.05, 4.69) is 22.4 Å². The Kier molecular flexibility index (Phi) is 3.29. The van der Waals surface area contributed by atoms with Gasteiger partial charge >= 0.3 is 0 Å². The fraction of sp³-hybridized carbons (Fsp3) is 0.429. The number of aromatic nitrogens is 2. The van der Waals surface area contributed by atoms with Crippen molar-refractivity contribution in [2.24, 2.45) is 0 Å². The summed E-state index contributed by atoms with van der Waals surface area (Å²) in [5, 5.41) is 7.28. The molecule has 0 bridgehead atoms. The van der Waals surface area contributed by atoms with Crippen molar-refractivity contribution in [3.8, 4) is 11.4 Å². The normalized spacial score (nSPS) is 23.5. The third-order valence-corrected chi connectivity index (χ3v) is 3.53. The molecular formula is C14H16FN3O. The highest BCUT2D eigenvalue weighted by Gasteiger charge is 2.25. The van der Waals surface area contributed by atoms with Gasteiger partial charge in [-0.1, -0.05) is 17.3 Å². The van der Waals surface area contributed by atoms with Crippen LogP contribution >= 0.6 is 0 Å². The minimum absolute atomic E-state index is 0.268. The maximum atomic E-state index is 13.7. The molecule has 2 unspecified atom stereocenters. The van der Waals surface area contributed by atoms with Crippen molar-refractivity contribution in [1.29, 1.82) is 0 Å². The highest BCUT2D eigenvalue weighted by atomic mass is 19.1. The molecule has 2 heterocycles. The molecule has 1 saturated heterocycles. The SMILES string of the molecule is CC1CC(c2nc(-c3ccccc3F)no2)CCN1. The molecule has 2 aromatic rings. The lowest BCUT2D eigenvalue weighted by atomic mass is 9.93. The van der Waals surface area contributed by atoms with Gasteiger partial charge in [-0.25, -0.2) is 4.39 Å². The zero-order valence-electron chi connectivity index (χ0n) is 10.8. The Morgan fingerprint density at radius 1 is 1.37 bits per heavy atom. The number of halogens is 1. The first-order valence-electron chi connectivity index (χ1n) is 6.56. The lowest BCUT2D eigenvalue weighted by Crippen LogP contribution is -2.34. The number of hydrogen-bond acceptors (Lipinski definition) is 4. The van der Waals surface area contributed by atoms with E-state index in [4.69, 9.17) is 4.52 Å². The van der Waals surface area contributed by atoms with Crippen LogP contribution in [0.4, 0.5) is 4.39 Å². The van der Waals surface area contributed by atoms with E-state index in [0.29, 0.717) is 23.3 Å². The maximum absolute atomic E-state index is 13.7. The first-order valence-corrected chi connectivity index (χ1v) is 6.56. The monoisotopic (exact) mass is 261 g/mol. The maximum Gasteiger partial charge on any atom is 0.230 e. The second-order valence-corrected chi connectivity index (χ2v) is 5.01. The molecule has 100 valence electrons. The minimum Gasteiger partial charge on any atom is -0.339 e. The van der Waals surface area contributed by atoms with Crippen LogP contribution in [0, 0.1) is 5.82 Å². The molecule has 0 aliphatic carbocycles. The summed E-state index contributed by atoms with van der Waals surface area (Å²) in [4.78, 5) is 4.35. The second-order valence-electron chi connectivity index (χ2n) is 5.01. The number of nitrogens with one attached hydrogen (secondary N) is 1. The summed E-state index contributed by atoms with van der Waals surface area (Å²) >= 11 is 0. The summed E-state index contributed by atoms with van der Waals surface area (Å²) in [7, 11) is 0. The van der Waals surface area contributed by atoms with Crippen molar-refractivity contribution in [1.82, 2.24) is 15.5 Å². The molecule has 1 aliphatic heterocycles.